The number of methoxy groups -OCH3 is 1. The minimum absolute atomic E-state index is 0.0177. The molecule has 0 aromatic heterocycles. The summed E-state index contributed by atoms with van der Waals surface area (Å²) in [5.41, 5.74) is 1.71. The number of benzene rings is 2. The van der Waals surface area contributed by atoms with E-state index in [2.05, 4.69) is 5.32 Å². The molecule has 4 nitrogen and oxygen atoms in total. The van der Waals surface area contributed by atoms with Crippen LogP contribution >= 0.6 is 0 Å². The Morgan fingerprint density at radius 1 is 1.00 bits per heavy atom. The first kappa shape index (κ1) is 17.3. The van der Waals surface area contributed by atoms with Crippen molar-refractivity contribution in [1.29, 1.82) is 0 Å². The van der Waals surface area contributed by atoms with Gasteiger partial charge in [-0.05, 0) is 42.7 Å². The molecule has 1 fully saturated rings. The number of carbonyl (C=O) groups excluding carboxylic acids is 1. The average molecular weight is 339 g/mol. The van der Waals surface area contributed by atoms with Gasteiger partial charge in [0.2, 0.25) is 0 Å². The Morgan fingerprint density at radius 3 is 2.36 bits per heavy atom. The van der Waals surface area contributed by atoms with Gasteiger partial charge in [-0.3, -0.25) is 4.79 Å². The third-order valence-corrected chi connectivity index (χ3v) is 4.62. The Labute approximate surface area is 149 Å². The standard InChI is InChI=1S/C21H25NO3/c1-24-19-9-5-6-10-20(19)25-15-16-11-13-17(14-12-16)21(23)22-18-7-3-2-4-8-18/h5-6,9-14,18H,2-4,7-8,15H2,1H3,(H,22,23). The van der Waals surface area contributed by atoms with Gasteiger partial charge in [-0.1, -0.05) is 43.5 Å². The Hall–Kier alpha value is -2.49. The molecule has 3 rings (SSSR count). The monoisotopic (exact) mass is 339 g/mol. The smallest absolute Gasteiger partial charge is 0.251 e. The first-order chi connectivity index (χ1) is 12.3. The lowest BCUT2D eigenvalue weighted by Crippen LogP contribution is -2.36. The number of ether oxygens (including phenoxy) is 2. The van der Waals surface area contributed by atoms with Crippen molar-refractivity contribution in [2.75, 3.05) is 7.11 Å². The van der Waals surface area contributed by atoms with E-state index in [0.717, 1.165) is 18.4 Å². The number of para-hydroxylation sites is 2. The minimum atomic E-state index is 0.0177. The molecule has 1 aliphatic carbocycles. The summed E-state index contributed by atoms with van der Waals surface area (Å²) in [5, 5.41) is 3.14. The summed E-state index contributed by atoms with van der Waals surface area (Å²) < 4.78 is 11.1. The van der Waals surface area contributed by atoms with Crippen LogP contribution in [0.1, 0.15) is 48.0 Å². The molecule has 1 N–H and O–H groups in total. The van der Waals surface area contributed by atoms with E-state index in [0.29, 0.717) is 29.7 Å². The van der Waals surface area contributed by atoms with E-state index in [1.165, 1.54) is 19.3 Å². The fourth-order valence-corrected chi connectivity index (χ4v) is 3.17. The molecule has 1 aliphatic rings. The highest BCUT2D eigenvalue weighted by molar-refractivity contribution is 5.94. The molecule has 0 heterocycles. The van der Waals surface area contributed by atoms with Crippen LogP contribution in [0.4, 0.5) is 0 Å². The fraction of sp³-hybridized carbons (Fsp3) is 0.381. The van der Waals surface area contributed by atoms with E-state index in [4.69, 9.17) is 9.47 Å². The summed E-state index contributed by atoms with van der Waals surface area (Å²) >= 11 is 0. The molecule has 0 unspecified atom stereocenters. The van der Waals surface area contributed by atoms with Gasteiger partial charge in [0.25, 0.3) is 5.91 Å². The number of rotatable bonds is 6. The first-order valence-electron chi connectivity index (χ1n) is 8.92. The number of amides is 1. The van der Waals surface area contributed by atoms with E-state index >= 15 is 0 Å². The first-order valence-corrected chi connectivity index (χ1v) is 8.92. The minimum Gasteiger partial charge on any atom is -0.493 e. The zero-order valence-corrected chi connectivity index (χ0v) is 14.7. The van der Waals surface area contributed by atoms with Crippen LogP contribution in [-0.4, -0.2) is 19.1 Å². The van der Waals surface area contributed by atoms with Crippen molar-refractivity contribution in [3.05, 3.63) is 59.7 Å². The molecule has 0 aliphatic heterocycles. The number of carbonyl (C=O) groups is 1. The molecule has 0 spiro atoms. The van der Waals surface area contributed by atoms with Crippen molar-refractivity contribution in [2.45, 2.75) is 44.8 Å². The van der Waals surface area contributed by atoms with Gasteiger partial charge in [-0.25, -0.2) is 0 Å². The van der Waals surface area contributed by atoms with E-state index in [9.17, 15) is 4.79 Å². The maximum absolute atomic E-state index is 12.3. The molecule has 2 aromatic carbocycles. The van der Waals surface area contributed by atoms with E-state index in [1.54, 1.807) is 7.11 Å². The van der Waals surface area contributed by atoms with Crippen LogP contribution in [-0.2, 0) is 6.61 Å². The molecular weight excluding hydrogens is 314 g/mol. The van der Waals surface area contributed by atoms with Gasteiger partial charge < -0.3 is 14.8 Å². The Balaban J connectivity index is 1.55. The summed E-state index contributed by atoms with van der Waals surface area (Å²) in [6.07, 6.45) is 5.90. The second-order valence-electron chi connectivity index (χ2n) is 6.44. The van der Waals surface area contributed by atoms with Crippen molar-refractivity contribution < 1.29 is 14.3 Å². The van der Waals surface area contributed by atoms with Crippen LogP contribution in [0, 0.1) is 0 Å². The molecule has 1 amide bonds. The zero-order chi connectivity index (χ0) is 17.5. The summed E-state index contributed by atoms with van der Waals surface area (Å²) in [5.74, 6) is 1.44. The van der Waals surface area contributed by atoms with Crippen molar-refractivity contribution in [3.8, 4) is 11.5 Å². The van der Waals surface area contributed by atoms with Gasteiger partial charge in [-0.2, -0.15) is 0 Å². The summed E-state index contributed by atoms with van der Waals surface area (Å²) in [6, 6.07) is 15.5. The Morgan fingerprint density at radius 2 is 1.68 bits per heavy atom. The maximum Gasteiger partial charge on any atom is 0.251 e. The molecule has 0 bridgehead atoms. The second kappa shape index (κ2) is 8.56. The lowest BCUT2D eigenvalue weighted by Gasteiger charge is -2.22. The van der Waals surface area contributed by atoms with Gasteiger partial charge in [0, 0.05) is 11.6 Å². The summed E-state index contributed by atoms with van der Waals surface area (Å²) in [6.45, 7) is 0.435. The van der Waals surface area contributed by atoms with E-state index in [1.807, 2.05) is 48.5 Å². The van der Waals surface area contributed by atoms with Crippen LogP contribution in [0.2, 0.25) is 0 Å². The van der Waals surface area contributed by atoms with Crippen LogP contribution in [0.15, 0.2) is 48.5 Å². The van der Waals surface area contributed by atoms with E-state index < -0.39 is 0 Å². The summed E-state index contributed by atoms with van der Waals surface area (Å²) in [4.78, 5) is 12.3. The van der Waals surface area contributed by atoms with Crippen LogP contribution in [0.3, 0.4) is 0 Å². The quantitative estimate of drug-likeness (QED) is 0.852. The largest absolute Gasteiger partial charge is 0.493 e. The average Bonchev–Trinajstić information content (AvgIpc) is 2.67. The van der Waals surface area contributed by atoms with Gasteiger partial charge >= 0.3 is 0 Å². The van der Waals surface area contributed by atoms with E-state index in [-0.39, 0.29) is 5.91 Å². The van der Waals surface area contributed by atoms with Crippen LogP contribution in [0.5, 0.6) is 11.5 Å². The molecule has 25 heavy (non-hydrogen) atoms. The lowest BCUT2D eigenvalue weighted by molar-refractivity contribution is 0.0927. The third-order valence-electron chi connectivity index (χ3n) is 4.62. The Kier molecular flexibility index (Phi) is 5.94. The van der Waals surface area contributed by atoms with Gasteiger partial charge in [0.1, 0.15) is 6.61 Å². The predicted octanol–water partition coefficient (Wildman–Crippen LogP) is 4.34. The van der Waals surface area contributed by atoms with Gasteiger partial charge in [0.15, 0.2) is 11.5 Å². The molecular formula is C21H25NO3. The van der Waals surface area contributed by atoms with Gasteiger partial charge in [0.05, 0.1) is 7.11 Å². The third kappa shape index (κ3) is 4.75. The Bertz CT molecular complexity index is 691. The van der Waals surface area contributed by atoms with Crippen molar-refractivity contribution in [1.82, 2.24) is 5.32 Å². The second-order valence-corrected chi connectivity index (χ2v) is 6.44. The zero-order valence-electron chi connectivity index (χ0n) is 14.7. The molecule has 132 valence electrons. The van der Waals surface area contributed by atoms with Gasteiger partial charge in [-0.15, -0.1) is 0 Å². The molecule has 0 saturated heterocycles. The maximum atomic E-state index is 12.3. The SMILES string of the molecule is COc1ccccc1OCc1ccc(C(=O)NC2CCCCC2)cc1. The lowest BCUT2D eigenvalue weighted by atomic mass is 9.95. The van der Waals surface area contributed by atoms with Crippen LogP contribution in [0.25, 0.3) is 0 Å². The number of hydrogen-bond acceptors (Lipinski definition) is 3. The molecule has 0 radical (unpaired) electrons. The molecule has 0 atom stereocenters. The fourth-order valence-electron chi connectivity index (χ4n) is 3.17. The number of nitrogens with one attached hydrogen (secondary N) is 1. The topological polar surface area (TPSA) is 47.6 Å². The number of hydrogen-bond donors (Lipinski definition) is 1. The highest BCUT2D eigenvalue weighted by Gasteiger charge is 2.16. The van der Waals surface area contributed by atoms with Crippen molar-refractivity contribution >= 4 is 5.91 Å². The van der Waals surface area contributed by atoms with Crippen LogP contribution < -0.4 is 14.8 Å². The predicted molar refractivity (Wildman–Crippen MR) is 98.1 cm³/mol. The van der Waals surface area contributed by atoms with Crippen molar-refractivity contribution in [2.24, 2.45) is 0 Å². The summed E-state index contributed by atoms with van der Waals surface area (Å²) in [7, 11) is 1.63. The normalized spacial score (nSPS) is 14.8. The molecule has 1 saturated carbocycles. The van der Waals surface area contributed by atoms with Crippen molar-refractivity contribution in [3.63, 3.8) is 0 Å². The molecule has 4 heteroatoms. The highest BCUT2D eigenvalue weighted by atomic mass is 16.5. The molecule has 2 aromatic rings. The highest BCUT2D eigenvalue weighted by Crippen LogP contribution is 2.26.